The van der Waals surface area contributed by atoms with Crippen molar-refractivity contribution >= 4 is 17.5 Å². The molecule has 3 N–H and O–H groups in total. The molecule has 5 heteroatoms. The number of anilines is 1. The topological polar surface area (TPSA) is 75.4 Å². The van der Waals surface area contributed by atoms with Gasteiger partial charge in [0.15, 0.2) is 0 Å². The lowest BCUT2D eigenvalue weighted by Gasteiger charge is -2.24. The van der Waals surface area contributed by atoms with Crippen LogP contribution in [0.15, 0.2) is 48.5 Å². The molecular formula is C21H25N3O2. The van der Waals surface area contributed by atoms with E-state index in [2.05, 4.69) is 5.32 Å². The van der Waals surface area contributed by atoms with E-state index >= 15 is 0 Å². The lowest BCUT2D eigenvalue weighted by molar-refractivity contribution is -0.133. The summed E-state index contributed by atoms with van der Waals surface area (Å²) in [5.41, 5.74) is 9.55. The molecular weight excluding hydrogens is 326 g/mol. The van der Waals surface area contributed by atoms with Gasteiger partial charge < -0.3 is 16.0 Å². The number of hydrogen-bond acceptors (Lipinski definition) is 3. The Labute approximate surface area is 154 Å². The Balaban J connectivity index is 1.83. The number of carbonyl (C=O) groups excluding carboxylic acids is 2. The van der Waals surface area contributed by atoms with Crippen LogP contribution in [-0.4, -0.2) is 16.7 Å². The predicted molar refractivity (Wildman–Crippen MR) is 102 cm³/mol. The molecule has 1 aliphatic rings. The molecule has 2 aromatic carbocycles. The molecule has 0 atom stereocenters. The Bertz CT molecular complexity index is 799. The van der Waals surface area contributed by atoms with Crippen molar-refractivity contribution in [3.05, 3.63) is 65.2 Å². The number of benzene rings is 2. The number of hydrogen-bond donors (Lipinski definition) is 2. The Hall–Kier alpha value is -2.66. The molecule has 0 radical (unpaired) electrons. The highest BCUT2D eigenvalue weighted by atomic mass is 16.2. The van der Waals surface area contributed by atoms with E-state index < -0.39 is 0 Å². The van der Waals surface area contributed by atoms with E-state index in [1.807, 2.05) is 53.4 Å². The minimum absolute atomic E-state index is 0.117. The lowest BCUT2D eigenvalue weighted by Crippen LogP contribution is -2.31. The SMILES string of the molecule is CC(=O)Nc1ccccc1CN(Cc1cccc(CN)c1)C(=O)C1CC1. The van der Waals surface area contributed by atoms with Crippen LogP contribution in [0.1, 0.15) is 36.5 Å². The third kappa shape index (κ3) is 4.70. The minimum Gasteiger partial charge on any atom is -0.334 e. The van der Waals surface area contributed by atoms with Crippen molar-refractivity contribution in [3.63, 3.8) is 0 Å². The van der Waals surface area contributed by atoms with Crippen LogP contribution >= 0.6 is 0 Å². The quantitative estimate of drug-likeness (QED) is 0.805. The molecule has 0 aromatic heterocycles. The van der Waals surface area contributed by atoms with Crippen LogP contribution in [0.3, 0.4) is 0 Å². The van der Waals surface area contributed by atoms with Crippen LogP contribution in [0.5, 0.6) is 0 Å². The highest BCUT2D eigenvalue weighted by Gasteiger charge is 2.33. The number of amides is 2. The average molecular weight is 351 g/mol. The maximum absolute atomic E-state index is 12.8. The van der Waals surface area contributed by atoms with E-state index in [9.17, 15) is 9.59 Å². The fourth-order valence-corrected chi connectivity index (χ4v) is 3.05. The molecule has 5 nitrogen and oxygen atoms in total. The van der Waals surface area contributed by atoms with Crippen molar-refractivity contribution in [2.75, 3.05) is 5.32 Å². The van der Waals surface area contributed by atoms with Gasteiger partial charge in [0.1, 0.15) is 0 Å². The zero-order valence-electron chi connectivity index (χ0n) is 15.1. The molecule has 1 saturated carbocycles. The van der Waals surface area contributed by atoms with Crippen molar-refractivity contribution in [2.24, 2.45) is 11.7 Å². The summed E-state index contributed by atoms with van der Waals surface area (Å²) in [6.45, 7) is 2.98. The number of para-hydroxylation sites is 1. The highest BCUT2D eigenvalue weighted by Crippen LogP contribution is 2.32. The fourth-order valence-electron chi connectivity index (χ4n) is 3.05. The van der Waals surface area contributed by atoms with Crippen LogP contribution < -0.4 is 11.1 Å². The summed E-state index contributed by atoms with van der Waals surface area (Å²) in [5, 5.41) is 2.85. The summed E-state index contributed by atoms with van der Waals surface area (Å²) < 4.78 is 0. The largest absolute Gasteiger partial charge is 0.334 e. The van der Waals surface area contributed by atoms with Gasteiger partial charge in [-0.1, -0.05) is 42.5 Å². The van der Waals surface area contributed by atoms with Crippen molar-refractivity contribution in [3.8, 4) is 0 Å². The van der Waals surface area contributed by atoms with E-state index in [4.69, 9.17) is 5.73 Å². The van der Waals surface area contributed by atoms with Gasteiger partial charge in [-0.15, -0.1) is 0 Å². The number of nitrogens with one attached hydrogen (secondary N) is 1. The van der Waals surface area contributed by atoms with E-state index in [0.717, 1.165) is 35.2 Å². The Morgan fingerprint density at radius 1 is 1.08 bits per heavy atom. The van der Waals surface area contributed by atoms with Gasteiger partial charge in [-0.05, 0) is 35.6 Å². The van der Waals surface area contributed by atoms with E-state index in [-0.39, 0.29) is 17.7 Å². The first-order chi connectivity index (χ1) is 12.6. The first kappa shape index (κ1) is 18.1. The van der Waals surface area contributed by atoms with Gasteiger partial charge in [0.2, 0.25) is 11.8 Å². The van der Waals surface area contributed by atoms with Crippen molar-refractivity contribution in [1.82, 2.24) is 4.90 Å². The second-order valence-electron chi connectivity index (χ2n) is 6.83. The molecule has 0 aliphatic heterocycles. The smallest absolute Gasteiger partial charge is 0.226 e. The number of nitrogens with two attached hydrogens (primary N) is 1. The third-order valence-corrected chi connectivity index (χ3v) is 4.53. The summed E-state index contributed by atoms with van der Waals surface area (Å²) in [4.78, 5) is 26.2. The molecule has 1 aliphatic carbocycles. The van der Waals surface area contributed by atoms with E-state index in [1.54, 1.807) is 0 Å². The second kappa shape index (κ2) is 8.15. The molecule has 2 aromatic rings. The highest BCUT2D eigenvalue weighted by molar-refractivity contribution is 5.89. The molecule has 26 heavy (non-hydrogen) atoms. The first-order valence-corrected chi connectivity index (χ1v) is 8.99. The number of carbonyl (C=O) groups is 2. The van der Waals surface area contributed by atoms with Gasteiger partial charge >= 0.3 is 0 Å². The summed E-state index contributed by atoms with van der Waals surface area (Å²) in [5.74, 6) is 0.203. The molecule has 0 unspecified atom stereocenters. The van der Waals surface area contributed by atoms with Crippen LogP contribution in [-0.2, 0) is 29.2 Å². The predicted octanol–water partition coefficient (Wildman–Crippen LogP) is 3.04. The van der Waals surface area contributed by atoms with Crippen molar-refractivity contribution in [1.29, 1.82) is 0 Å². The van der Waals surface area contributed by atoms with E-state index in [1.165, 1.54) is 6.92 Å². The van der Waals surface area contributed by atoms with Gasteiger partial charge in [-0.2, -0.15) is 0 Å². The number of nitrogens with zero attached hydrogens (tertiary/aromatic N) is 1. The Kier molecular flexibility index (Phi) is 5.68. The van der Waals surface area contributed by atoms with Crippen molar-refractivity contribution in [2.45, 2.75) is 39.4 Å². The molecule has 2 amide bonds. The first-order valence-electron chi connectivity index (χ1n) is 8.99. The maximum atomic E-state index is 12.8. The average Bonchev–Trinajstić information content (AvgIpc) is 3.47. The monoisotopic (exact) mass is 351 g/mol. The Morgan fingerprint density at radius 2 is 1.81 bits per heavy atom. The normalized spacial score (nSPS) is 13.3. The minimum atomic E-state index is -0.117. The van der Waals surface area contributed by atoms with Crippen LogP contribution in [0.2, 0.25) is 0 Å². The van der Waals surface area contributed by atoms with Gasteiger partial charge in [-0.25, -0.2) is 0 Å². The zero-order valence-corrected chi connectivity index (χ0v) is 15.1. The molecule has 0 spiro atoms. The molecule has 1 fully saturated rings. The van der Waals surface area contributed by atoms with Gasteiger partial charge in [-0.3, -0.25) is 9.59 Å². The Morgan fingerprint density at radius 3 is 2.50 bits per heavy atom. The van der Waals surface area contributed by atoms with E-state index in [0.29, 0.717) is 19.6 Å². The zero-order chi connectivity index (χ0) is 18.5. The van der Waals surface area contributed by atoms with Gasteiger partial charge in [0.05, 0.1) is 0 Å². The fraction of sp³-hybridized carbons (Fsp3) is 0.333. The standard InChI is InChI=1S/C21H25N3O2/c1-15(25)23-20-8-3-2-7-19(20)14-24(21(26)18-9-10-18)13-17-6-4-5-16(11-17)12-22/h2-8,11,18H,9-10,12-14,22H2,1H3,(H,23,25). The second-order valence-corrected chi connectivity index (χ2v) is 6.83. The van der Waals surface area contributed by atoms with Crippen molar-refractivity contribution < 1.29 is 9.59 Å². The summed E-state index contributed by atoms with van der Waals surface area (Å²) in [7, 11) is 0. The molecule has 3 rings (SSSR count). The van der Waals surface area contributed by atoms with Gasteiger partial charge in [0, 0.05) is 38.2 Å². The van der Waals surface area contributed by atoms with Gasteiger partial charge in [0.25, 0.3) is 0 Å². The summed E-state index contributed by atoms with van der Waals surface area (Å²) in [6.07, 6.45) is 1.93. The molecule has 0 saturated heterocycles. The molecule has 136 valence electrons. The number of rotatable bonds is 7. The van der Waals surface area contributed by atoms with Crippen LogP contribution in [0, 0.1) is 5.92 Å². The summed E-state index contributed by atoms with van der Waals surface area (Å²) in [6, 6.07) is 15.7. The van der Waals surface area contributed by atoms with Crippen LogP contribution in [0.4, 0.5) is 5.69 Å². The molecule has 0 bridgehead atoms. The third-order valence-electron chi connectivity index (χ3n) is 4.53. The summed E-state index contributed by atoms with van der Waals surface area (Å²) >= 11 is 0. The van der Waals surface area contributed by atoms with Crippen LogP contribution in [0.25, 0.3) is 0 Å². The molecule has 0 heterocycles. The lowest BCUT2D eigenvalue weighted by atomic mass is 10.1. The maximum Gasteiger partial charge on any atom is 0.226 e.